The second kappa shape index (κ2) is 11.2. The molecule has 2 heterocycles. The topological polar surface area (TPSA) is 123 Å². The number of halogens is 3. The number of carbonyl (C=O) groups excluding carboxylic acids is 4. The third kappa shape index (κ3) is 5.62. The van der Waals surface area contributed by atoms with E-state index in [1.165, 1.54) is 25.8 Å². The van der Waals surface area contributed by atoms with E-state index in [2.05, 4.69) is 11.4 Å². The maximum atomic E-state index is 14.2. The Morgan fingerprint density at radius 2 is 1.78 bits per heavy atom. The second-order valence-electron chi connectivity index (χ2n) is 10.7. The summed E-state index contributed by atoms with van der Waals surface area (Å²) in [6.07, 6.45) is -5.16. The summed E-state index contributed by atoms with van der Waals surface area (Å²) in [5.74, 6) is -4.86. The van der Waals surface area contributed by atoms with Crippen molar-refractivity contribution in [3.8, 4) is 6.07 Å². The summed E-state index contributed by atoms with van der Waals surface area (Å²) in [4.78, 5) is 54.9. The molecule has 9 nitrogen and oxygen atoms in total. The first kappa shape index (κ1) is 29.6. The van der Waals surface area contributed by atoms with Crippen molar-refractivity contribution in [2.24, 2.45) is 5.92 Å². The number of alkyl halides is 3. The van der Waals surface area contributed by atoms with Gasteiger partial charge in [-0.2, -0.15) is 18.4 Å². The Morgan fingerprint density at radius 1 is 1.15 bits per heavy atom. The number of nitriles is 1. The third-order valence-electron chi connectivity index (χ3n) is 7.76. The van der Waals surface area contributed by atoms with Crippen molar-refractivity contribution in [2.45, 2.75) is 56.4 Å². The predicted molar refractivity (Wildman–Crippen MR) is 142 cm³/mol. The molecule has 0 aromatic heterocycles. The number of fused-ring (bicyclic) bond motifs is 2. The Bertz CT molecular complexity index is 1390. The molecule has 4 amide bonds. The number of hydrogen-bond acceptors (Lipinski definition) is 5. The van der Waals surface area contributed by atoms with Gasteiger partial charge in [-0.25, -0.2) is 0 Å². The average molecular weight is 570 g/mol. The number of nitrogens with zero attached hydrogens (tertiary/aromatic N) is 3. The molecule has 0 radical (unpaired) electrons. The fourth-order valence-electron chi connectivity index (χ4n) is 5.51. The van der Waals surface area contributed by atoms with Gasteiger partial charge in [-0.1, -0.05) is 62.4 Å². The summed E-state index contributed by atoms with van der Waals surface area (Å²) in [6, 6.07) is 14.0. The van der Waals surface area contributed by atoms with Crippen LogP contribution in [-0.4, -0.2) is 71.3 Å². The number of likely N-dealkylation sites (N-methyl/N-ethyl adjacent to an activating group) is 1. The van der Waals surface area contributed by atoms with Gasteiger partial charge >= 0.3 is 12.1 Å². The fourth-order valence-corrected chi connectivity index (χ4v) is 5.51. The van der Waals surface area contributed by atoms with Crippen LogP contribution in [0.4, 0.5) is 18.9 Å². The number of anilines is 1. The number of amides is 4. The van der Waals surface area contributed by atoms with E-state index in [9.17, 15) is 37.6 Å². The van der Waals surface area contributed by atoms with Crippen LogP contribution in [0.3, 0.4) is 0 Å². The van der Waals surface area contributed by atoms with Crippen LogP contribution in [0.5, 0.6) is 0 Å². The minimum atomic E-state index is -5.20. The molecule has 12 heteroatoms. The Kier molecular flexibility index (Phi) is 8.10. The third-order valence-corrected chi connectivity index (χ3v) is 7.76. The van der Waals surface area contributed by atoms with Crippen LogP contribution >= 0.6 is 0 Å². The Labute approximate surface area is 235 Å². The van der Waals surface area contributed by atoms with Gasteiger partial charge in [0.15, 0.2) is 0 Å². The van der Waals surface area contributed by atoms with Crippen molar-refractivity contribution in [2.75, 3.05) is 18.9 Å². The molecule has 1 spiro atoms. The van der Waals surface area contributed by atoms with E-state index in [1.807, 2.05) is 0 Å². The van der Waals surface area contributed by atoms with Gasteiger partial charge in [-0.3, -0.25) is 19.2 Å². The molecule has 2 aromatic carbocycles. The largest absolute Gasteiger partial charge is 0.471 e. The van der Waals surface area contributed by atoms with Gasteiger partial charge < -0.3 is 20.4 Å². The lowest BCUT2D eigenvalue weighted by Gasteiger charge is -2.35. The average Bonchev–Trinajstić information content (AvgIpc) is 3.46. The van der Waals surface area contributed by atoms with E-state index in [4.69, 9.17) is 0 Å². The molecule has 2 aliphatic heterocycles. The normalized spacial score (nSPS) is 21.2. The molecule has 41 heavy (non-hydrogen) atoms. The summed E-state index contributed by atoms with van der Waals surface area (Å²) in [5, 5.41) is 14.6. The van der Waals surface area contributed by atoms with Crippen molar-refractivity contribution in [1.82, 2.24) is 15.1 Å². The zero-order valence-corrected chi connectivity index (χ0v) is 22.7. The highest BCUT2D eigenvalue weighted by atomic mass is 19.4. The molecule has 2 aliphatic rings. The Hall–Kier alpha value is -4.40. The molecule has 1 fully saturated rings. The van der Waals surface area contributed by atoms with Gasteiger partial charge in [0.25, 0.3) is 0 Å². The standard InChI is InChI=1S/C29H30F3N5O4/c1-17(2)23(35-27(41)29(30,31)32)25(39)36(3)22(13-18-9-5-4-6-10-18)24(38)37-16-28(14-19(37)15-33)20-11-7-8-12-21(20)34-26(28)40/h4-12,17,19,22-23H,13-14,16H2,1-3H3,(H,34,40)(H,35,41)/t19-,22-,23+,28-/m0/s1. The number of para-hydroxylation sites is 1. The summed E-state index contributed by atoms with van der Waals surface area (Å²) in [6.45, 7) is 2.85. The number of benzene rings is 2. The molecule has 4 atom stereocenters. The van der Waals surface area contributed by atoms with E-state index in [0.29, 0.717) is 16.8 Å². The van der Waals surface area contributed by atoms with Crippen LogP contribution in [0.15, 0.2) is 54.6 Å². The van der Waals surface area contributed by atoms with Crippen LogP contribution in [0.2, 0.25) is 0 Å². The van der Waals surface area contributed by atoms with Crippen molar-refractivity contribution in [3.63, 3.8) is 0 Å². The molecule has 1 saturated heterocycles. The minimum Gasteiger partial charge on any atom is -0.336 e. The predicted octanol–water partition coefficient (Wildman–Crippen LogP) is 2.77. The zero-order valence-electron chi connectivity index (χ0n) is 22.7. The number of likely N-dealkylation sites (tertiary alicyclic amines) is 1. The molecular weight excluding hydrogens is 539 g/mol. The zero-order chi connectivity index (χ0) is 30.1. The monoisotopic (exact) mass is 569 g/mol. The quantitative estimate of drug-likeness (QED) is 0.531. The number of nitrogens with one attached hydrogen (secondary N) is 2. The molecule has 2 aromatic rings. The van der Waals surface area contributed by atoms with Gasteiger partial charge in [-0.05, 0) is 23.1 Å². The lowest BCUT2D eigenvalue weighted by atomic mass is 9.80. The highest BCUT2D eigenvalue weighted by Crippen LogP contribution is 2.46. The van der Waals surface area contributed by atoms with Gasteiger partial charge in [-0.15, -0.1) is 0 Å². The molecule has 0 aliphatic carbocycles. The maximum absolute atomic E-state index is 14.2. The van der Waals surface area contributed by atoms with E-state index < -0.39 is 53.4 Å². The first-order valence-electron chi connectivity index (χ1n) is 13.1. The smallest absolute Gasteiger partial charge is 0.336 e. The van der Waals surface area contributed by atoms with Gasteiger partial charge in [0.05, 0.1) is 11.5 Å². The van der Waals surface area contributed by atoms with Crippen LogP contribution in [0.25, 0.3) is 0 Å². The highest BCUT2D eigenvalue weighted by Gasteiger charge is 2.57. The fraction of sp³-hybridized carbons (Fsp3) is 0.414. The molecule has 4 rings (SSSR count). The number of carbonyl (C=O) groups is 4. The maximum Gasteiger partial charge on any atom is 0.471 e. The van der Waals surface area contributed by atoms with Crippen molar-refractivity contribution < 1.29 is 32.3 Å². The van der Waals surface area contributed by atoms with E-state index in [0.717, 1.165) is 4.90 Å². The summed E-state index contributed by atoms with van der Waals surface area (Å²) < 4.78 is 39.1. The van der Waals surface area contributed by atoms with Crippen molar-refractivity contribution in [3.05, 3.63) is 65.7 Å². The van der Waals surface area contributed by atoms with Crippen LogP contribution < -0.4 is 10.6 Å². The highest BCUT2D eigenvalue weighted by molar-refractivity contribution is 6.07. The first-order valence-corrected chi connectivity index (χ1v) is 13.1. The van der Waals surface area contributed by atoms with Gasteiger partial charge in [0, 0.05) is 32.1 Å². The SMILES string of the molecule is CC(C)[C@@H](NC(=O)C(F)(F)F)C(=O)N(C)[C@@H](Cc1ccccc1)C(=O)N1C[C@]2(C[C@H]1C#N)C(=O)Nc1ccccc12. The number of hydrogen-bond donors (Lipinski definition) is 2. The van der Waals surface area contributed by atoms with E-state index in [1.54, 1.807) is 59.9 Å². The van der Waals surface area contributed by atoms with E-state index in [-0.39, 0.29) is 25.3 Å². The van der Waals surface area contributed by atoms with Crippen molar-refractivity contribution in [1.29, 1.82) is 5.26 Å². The van der Waals surface area contributed by atoms with Crippen molar-refractivity contribution >= 4 is 29.3 Å². The summed E-state index contributed by atoms with van der Waals surface area (Å²) >= 11 is 0. The molecule has 0 bridgehead atoms. The lowest BCUT2D eigenvalue weighted by Crippen LogP contribution is -2.58. The minimum absolute atomic E-state index is 0.00955. The second-order valence-corrected chi connectivity index (χ2v) is 10.7. The van der Waals surface area contributed by atoms with Gasteiger partial charge in [0.1, 0.15) is 18.1 Å². The summed E-state index contributed by atoms with van der Waals surface area (Å²) in [7, 11) is 1.29. The first-order chi connectivity index (χ1) is 19.3. The molecular formula is C29H30F3N5O4. The Balaban J connectivity index is 1.68. The molecule has 2 N–H and O–H groups in total. The summed E-state index contributed by atoms with van der Waals surface area (Å²) in [5.41, 5.74) is 0.765. The van der Waals surface area contributed by atoms with Crippen LogP contribution in [0.1, 0.15) is 31.4 Å². The molecule has 0 unspecified atom stereocenters. The molecule has 216 valence electrons. The Morgan fingerprint density at radius 3 is 2.39 bits per heavy atom. The molecule has 0 saturated carbocycles. The van der Waals surface area contributed by atoms with Crippen LogP contribution in [-0.2, 0) is 31.0 Å². The van der Waals surface area contributed by atoms with E-state index >= 15 is 0 Å². The lowest BCUT2D eigenvalue weighted by molar-refractivity contribution is -0.175. The van der Waals surface area contributed by atoms with Crippen LogP contribution in [0, 0.1) is 17.2 Å². The number of rotatable bonds is 7. The van der Waals surface area contributed by atoms with Gasteiger partial charge in [0.2, 0.25) is 17.7 Å².